The third-order valence-electron chi connectivity index (χ3n) is 3.74. The molecule has 3 rings (SSSR count). The van der Waals surface area contributed by atoms with Crippen molar-refractivity contribution in [2.45, 2.75) is 13.0 Å². The fraction of sp³-hybridized carbons (Fsp3) is 0.111. The third-order valence-corrected chi connectivity index (χ3v) is 4.55. The molecule has 0 unspecified atom stereocenters. The SMILES string of the molecule is N#Cc1ccc(NC(=O)CCn2cnc3ccc(Br)cc3c2=O)cc1Cl. The lowest BCUT2D eigenvalue weighted by molar-refractivity contribution is -0.116. The van der Waals surface area contributed by atoms with Gasteiger partial charge in [0.2, 0.25) is 5.91 Å². The summed E-state index contributed by atoms with van der Waals surface area (Å²) in [6.07, 6.45) is 1.53. The van der Waals surface area contributed by atoms with Gasteiger partial charge in [0.25, 0.3) is 5.56 Å². The summed E-state index contributed by atoms with van der Waals surface area (Å²) in [7, 11) is 0. The Labute approximate surface area is 162 Å². The van der Waals surface area contributed by atoms with E-state index in [2.05, 4.69) is 26.2 Å². The molecule has 0 saturated heterocycles. The van der Waals surface area contributed by atoms with Gasteiger partial charge in [0, 0.05) is 23.1 Å². The minimum absolute atomic E-state index is 0.0959. The van der Waals surface area contributed by atoms with E-state index in [-0.39, 0.29) is 29.5 Å². The van der Waals surface area contributed by atoms with Gasteiger partial charge in [-0.3, -0.25) is 14.2 Å². The van der Waals surface area contributed by atoms with Crippen LogP contribution in [0.25, 0.3) is 10.9 Å². The van der Waals surface area contributed by atoms with E-state index in [0.29, 0.717) is 22.2 Å². The number of benzene rings is 2. The number of fused-ring (bicyclic) bond motifs is 1. The first-order valence-corrected chi connectivity index (χ1v) is 8.79. The van der Waals surface area contributed by atoms with E-state index >= 15 is 0 Å². The average Bonchev–Trinajstić information content (AvgIpc) is 2.62. The van der Waals surface area contributed by atoms with Crippen molar-refractivity contribution >= 4 is 50.0 Å². The zero-order valence-electron chi connectivity index (χ0n) is 13.4. The van der Waals surface area contributed by atoms with Crippen LogP contribution in [0, 0.1) is 11.3 Å². The molecule has 0 atom stereocenters. The molecule has 1 amide bonds. The third kappa shape index (κ3) is 3.93. The first-order valence-electron chi connectivity index (χ1n) is 7.62. The van der Waals surface area contributed by atoms with Gasteiger partial charge in [0.1, 0.15) is 6.07 Å². The fourth-order valence-electron chi connectivity index (χ4n) is 2.42. The first-order chi connectivity index (χ1) is 12.5. The lowest BCUT2D eigenvalue weighted by Gasteiger charge is -2.08. The summed E-state index contributed by atoms with van der Waals surface area (Å²) < 4.78 is 2.19. The van der Waals surface area contributed by atoms with Gasteiger partial charge in [-0.25, -0.2) is 4.98 Å². The van der Waals surface area contributed by atoms with Crippen LogP contribution in [-0.2, 0) is 11.3 Å². The van der Waals surface area contributed by atoms with Crippen molar-refractivity contribution in [2.75, 3.05) is 5.32 Å². The molecule has 1 N–H and O–H groups in total. The molecule has 0 aliphatic carbocycles. The van der Waals surface area contributed by atoms with E-state index in [1.807, 2.05) is 12.1 Å². The van der Waals surface area contributed by atoms with Crippen molar-refractivity contribution in [3.8, 4) is 6.07 Å². The molecule has 1 heterocycles. The van der Waals surface area contributed by atoms with Crippen LogP contribution in [0.5, 0.6) is 0 Å². The molecule has 0 fully saturated rings. The van der Waals surface area contributed by atoms with Gasteiger partial charge < -0.3 is 5.32 Å². The summed E-state index contributed by atoms with van der Waals surface area (Å²) in [5.41, 5.74) is 1.23. The van der Waals surface area contributed by atoms with E-state index in [0.717, 1.165) is 4.47 Å². The summed E-state index contributed by atoms with van der Waals surface area (Å²) in [5.74, 6) is -0.271. The number of aryl methyl sites for hydroxylation is 1. The van der Waals surface area contributed by atoms with E-state index in [1.54, 1.807) is 18.2 Å². The number of hydrogen-bond donors (Lipinski definition) is 1. The van der Waals surface area contributed by atoms with Crippen molar-refractivity contribution in [3.05, 3.63) is 68.1 Å². The van der Waals surface area contributed by atoms with E-state index in [4.69, 9.17) is 16.9 Å². The molecule has 0 bridgehead atoms. The largest absolute Gasteiger partial charge is 0.326 e. The van der Waals surface area contributed by atoms with Crippen LogP contribution in [0.4, 0.5) is 5.69 Å². The Morgan fingerprint density at radius 2 is 2.12 bits per heavy atom. The van der Waals surface area contributed by atoms with Gasteiger partial charge in [-0.2, -0.15) is 5.26 Å². The number of carbonyl (C=O) groups excluding carboxylic acids is 1. The first kappa shape index (κ1) is 18.1. The second-order valence-corrected chi connectivity index (χ2v) is 6.83. The molecule has 0 saturated carbocycles. The molecule has 1 aromatic heterocycles. The van der Waals surface area contributed by atoms with E-state index in [9.17, 15) is 9.59 Å². The maximum Gasteiger partial charge on any atom is 0.261 e. The van der Waals surface area contributed by atoms with Crippen molar-refractivity contribution in [1.82, 2.24) is 9.55 Å². The van der Waals surface area contributed by atoms with Crippen LogP contribution in [0.1, 0.15) is 12.0 Å². The smallest absolute Gasteiger partial charge is 0.261 e. The van der Waals surface area contributed by atoms with Crippen LogP contribution < -0.4 is 10.9 Å². The van der Waals surface area contributed by atoms with Crippen LogP contribution in [0.15, 0.2) is 52.0 Å². The molecule has 2 aromatic carbocycles. The number of aromatic nitrogens is 2. The molecule has 0 aliphatic rings. The predicted octanol–water partition coefficient (Wildman–Crippen LogP) is 3.71. The Hall–Kier alpha value is -2.69. The number of hydrogen-bond acceptors (Lipinski definition) is 4. The number of nitrogens with one attached hydrogen (secondary N) is 1. The van der Waals surface area contributed by atoms with Crippen molar-refractivity contribution < 1.29 is 4.79 Å². The highest BCUT2D eigenvalue weighted by Gasteiger charge is 2.08. The molecule has 0 radical (unpaired) electrons. The maximum absolute atomic E-state index is 12.5. The number of carbonyl (C=O) groups is 1. The average molecular weight is 432 g/mol. The highest BCUT2D eigenvalue weighted by molar-refractivity contribution is 9.10. The highest BCUT2D eigenvalue weighted by atomic mass is 79.9. The van der Waals surface area contributed by atoms with Crippen molar-refractivity contribution in [1.29, 1.82) is 5.26 Å². The molecular weight excluding hydrogens is 420 g/mol. The molecule has 0 aliphatic heterocycles. The Balaban J connectivity index is 1.71. The van der Waals surface area contributed by atoms with Crippen LogP contribution in [-0.4, -0.2) is 15.5 Å². The zero-order valence-corrected chi connectivity index (χ0v) is 15.7. The number of anilines is 1. The Morgan fingerprint density at radius 3 is 2.85 bits per heavy atom. The van der Waals surface area contributed by atoms with Gasteiger partial charge in [-0.1, -0.05) is 27.5 Å². The summed E-state index contributed by atoms with van der Waals surface area (Å²) >= 11 is 9.28. The molecule has 130 valence electrons. The summed E-state index contributed by atoms with van der Waals surface area (Å²) in [6.45, 7) is 0.199. The lowest BCUT2D eigenvalue weighted by atomic mass is 10.2. The number of nitrogens with zero attached hydrogens (tertiary/aromatic N) is 3. The molecular formula is C18H12BrClN4O2. The van der Waals surface area contributed by atoms with Crippen molar-refractivity contribution in [3.63, 3.8) is 0 Å². The number of rotatable bonds is 4. The normalized spacial score (nSPS) is 10.5. The highest BCUT2D eigenvalue weighted by Crippen LogP contribution is 2.20. The van der Waals surface area contributed by atoms with Gasteiger partial charge in [0.15, 0.2) is 0 Å². The summed E-state index contributed by atoms with van der Waals surface area (Å²) in [6, 6.07) is 11.9. The molecule has 6 nitrogen and oxygen atoms in total. The Morgan fingerprint density at radius 1 is 1.31 bits per heavy atom. The number of halogens is 2. The van der Waals surface area contributed by atoms with Crippen LogP contribution >= 0.6 is 27.5 Å². The lowest BCUT2D eigenvalue weighted by Crippen LogP contribution is -2.23. The van der Waals surface area contributed by atoms with E-state index < -0.39 is 0 Å². The molecule has 0 spiro atoms. The summed E-state index contributed by atoms with van der Waals surface area (Å²) in [5, 5.41) is 12.3. The summed E-state index contributed by atoms with van der Waals surface area (Å²) in [4.78, 5) is 28.8. The quantitative estimate of drug-likeness (QED) is 0.682. The number of nitriles is 1. The minimum atomic E-state index is -0.271. The zero-order chi connectivity index (χ0) is 18.7. The minimum Gasteiger partial charge on any atom is -0.326 e. The monoisotopic (exact) mass is 430 g/mol. The van der Waals surface area contributed by atoms with Gasteiger partial charge in [-0.05, 0) is 36.4 Å². The Kier molecular flexibility index (Phi) is 5.35. The standard InChI is InChI=1S/C18H12BrClN4O2/c19-12-2-4-16-14(7-12)18(26)24(10-22-16)6-5-17(25)23-13-3-1-11(9-21)15(20)8-13/h1-4,7-8,10H,5-6H2,(H,23,25). The van der Waals surface area contributed by atoms with Gasteiger partial charge in [-0.15, -0.1) is 0 Å². The van der Waals surface area contributed by atoms with Gasteiger partial charge >= 0.3 is 0 Å². The molecule has 3 aromatic rings. The number of amides is 1. The second kappa shape index (κ2) is 7.68. The predicted molar refractivity (Wildman–Crippen MR) is 103 cm³/mol. The topological polar surface area (TPSA) is 87.8 Å². The fourth-order valence-corrected chi connectivity index (χ4v) is 3.00. The van der Waals surface area contributed by atoms with E-state index in [1.165, 1.54) is 23.0 Å². The van der Waals surface area contributed by atoms with Gasteiger partial charge in [0.05, 0.1) is 27.8 Å². The van der Waals surface area contributed by atoms with Crippen molar-refractivity contribution in [2.24, 2.45) is 0 Å². The van der Waals surface area contributed by atoms with Crippen LogP contribution in [0.2, 0.25) is 5.02 Å². The second-order valence-electron chi connectivity index (χ2n) is 5.51. The molecule has 26 heavy (non-hydrogen) atoms. The van der Waals surface area contributed by atoms with Crippen LogP contribution in [0.3, 0.4) is 0 Å². The molecule has 8 heteroatoms. The Bertz CT molecular complexity index is 1100. The maximum atomic E-state index is 12.5.